The summed E-state index contributed by atoms with van der Waals surface area (Å²) in [6.07, 6.45) is 5.36. The molecule has 3 aromatic rings. The van der Waals surface area contributed by atoms with E-state index in [1.54, 1.807) is 24.3 Å². The van der Waals surface area contributed by atoms with Crippen LogP contribution in [0.2, 0.25) is 0 Å². The number of rotatable bonds is 7. The molecular formula is C20H17N3O6. The number of phenolic OH excluding ortho intramolecular Hbond substituents is 2. The number of nitrogens with zero attached hydrogens (tertiary/aromatic N) is 3. The molecule has 0 saturated carbocycles. The molecule has 0 fully saturated rings. The van der Waals surface area contributed by atoms with Gasteiger partial charge in [-0.05, 0) is 35.9 Å². The third kappa shape index (κ3) is 4.59. The van der Waals surface area contributed by atoms with Crippen LogP contribution in [0.15, 0.2) is 54.9 Å². The van der Waals surface area contributed by atoms with Crippen LogP contribution in [-0.2, 0) is 6.54 Å². The third-order valence-electron chi connectivity index (χ3n) is 4.14. The molecular weight excluding hydrogens is 378 g/mol. The van der Waals surface area contributed by atoms with E-state index in [-0.39, 0.29) is 29.3 Å². The van der Waals surface area contributed by atoms with Gasteiger partial charge in [0.1, 0.15) is 29.6 Å². The van der Waals surface area contributed by atoms with E-state index in [1.165, 1.54) is 42.4 Å². The normalized spacial score (nSPS) is 10.9. The smallest absolute Gasteiger partial charge is 0.307 e. The number of methoxy groups -OCH3 is 1. The standard InChI is InChI=1S/C20H17N3O6/c1-29-20-7-3-13(2-6-18(25)17-5-4-16(24)9-19(17)26)8-14(20)11-22-12-15(10-21-22)23(27)28/h2-10,12,24,26H,11H2,1H3/b6-2+. The third-order valence-corrected chi connectivity index (χ3v) is 4.14. The van der Waals surface area contributed by atoms with Crippen LogP contribution in [0.25, 0.3) is 6.08 Å². The molecule has 0 aliphatic rings. The lowest BCUT2D eigenvalue weighted by Crippen LogP contribution is -2.02. The van der Waals surface area contributed by atoms with Crippen molar-refractivity contribution in [1.82, 2.24) is 9.78 Å². The lowest BCUT2D eigenvalue weighted by atomic mass is 10.1. The Hall–Kier alpha value is -4.14. The molecule has 0 atom stereocenters. The summed E-state index contributed by atoms with van der Waals surface area (Å²) in [4.78, 5) is 22.6. The van der Waals surface area contributed by atoms with Crippen LogP contribution >= 0.6 is 0 Å². The van der Waals surface area contributed by atoms with E-state index in [4.69, 9.17) is 4.74 Å². The van der Waals surface area contributed by atoms with Crippen LogP contribution in [0, 0.1) is 10.1 Å². The summed E-state index contributed by atoms with van der Waals surface area (Å²) in [5.41, 5.74) is 1.36. The van der Waals surface area contributed by atoms with E-state index < -0.39 is 10.7 Å². The molecule has 0 aliphatic heterocycles. The highest BCUT2D eigenvalue weighted by Gasteiger charge is 2.12. The van der Waals surface area contributed by atoms with E-state index >= 15 is 0 Å². The summed E-state index contributed by atoms with van der Waals surface area (Å²) in [5.74, 6) is -0.303. The maximum atomic E-state index is 12.3. The summed E-state index contributed by atoms with van der Waals surface area (Å²) in [6, 6.07) is 8.98. The number of carbonyl (C=O) groups excluding carboxylic acids is 1. The summed E-state index contributed by atoms with van der Waals surface area (Å²) >= 11 is 0. The number of nitro groups is 1. The van der Waals surface area contributed by atoms with Crippen molar-refractivity contribution in [2.24, 2.45) is 0 Å². The Labute approximate surface area is 165 Å². The Bertz CT molecular complexity index is 1100. The molecule has 29 heavy (non-hydrogen) atoms. The fourth-order valence-corrected chi connectivity index (χ4v) is 2.72. The van der Waals surface area contributed by atoms with Crippen LogP contribution in [0.4, 0.5) is 5.69 Å². The maximum absolute atomic E-state index is 12.3. The summed E-state index contributed by atoms with van der Waals surface area (Å²) in [6.45, 7) is 0.241. The van der Waals surface area contributed by atoms with Crippen LogP contribution in [0.5, 0.6) is 17.2 Å². The van der Waals surface area contributed by atoms with Gasteiger partial charge in [0.25, 0.3) is 0 Å². The molecule has 1 aromatic heterocycles. The quantitative estimate of drug-likeness (QED) is 0.272. The minimum absolute atomic E-state index is 0.0663. The van der Waals surface area contributed by atoms with Gasteiger partial charge >= 0.3 is 5.69 Å². The van der Waals surface area contributed by atoms with E-state index in [0.717, 1.165) is 6.07 Å². The van der Waals surface area contributed by atoms with Crippen molar-refractivity contribution in [2.75, 3.05) is 7.11 Å². The zero-order valence-electron chi connectivity index (χ0n) is 15.3. The van der Waals surface area contributed by atoms with Crippen molar-refractivity contribution in [1.29, 1.82) is 0 Å². The predicted molar refractivity (Wildman–Crippen MR) is 104 cm³/mol. The average Bonchev–Trinajstić information content (AvgIpc) is 3.15. The first kappa shape index (κ1) is 19.6. The molecule has 0 spiro atoms. The minimum Gasteiger partial charge on any atom is -0.508 e. The van der Waals surface area contributed by atoms with Crippen molar-refractivity contribution >= 4 is 17.5 Å². The van der Waals surface area contributed by atoms with Crippen molar-refractivity contribution in [3.8, 4) is 17.2 Å². The molecule has 2 N–H and O–H groups in total. The number of phenols is 2. The van der Waals surface area contributed by atoms with Gasteiger partial charge in [0, 0.05) is 11.6 Å². The van der Waals surface area contributed by atoms with Gasteiger partial charge in [-0.3, -0.25) is 19.6 Å². The molecule has 2 aromatic carbocycles. The highest BCUT2D eigenvalue weighted by Crippen LogP contribution is 2.25. The second-order valence-corrected chi connectivity index (χ2v) is 6.12. The first-order chi connectivity index (χ1) is 13.9. The molecule has 1 heterocycles. The maximum Gasteiger partial charge on any atom is 0.307 e. The number of hydrogen-bond acceptors (Lipinski definition) is 7. The fourth-order valence-electron chi connectivity index (χ4n) is 2.72. The summed E-state index contributed by atoms with van der Waals surface area (Å²) in [7, 11) is 1.51. The van der Waals surface area contributed by atoms with Crippen LogP contribution in [-0.4, -0.2) is 37.8 Å². The molecule has 9 nitrogen and oxygen atoms in total. The number of aromatic nitrogens is 2. The SMILES string of the molecule is COc1ccc(/C=C/C(=O)c2ccc(O)cc2O)cc1Cn1cc([N+](=O)[O-])cn1. The zero-order valence-corrected chi connectivity index (χ0v) is 15.3. The highest BCUT2D eigenvalue weighted by molar-refractivity contribution is 6.08. The number of carbonyl (C=O) groups is 1. The Morgan fingerprint density at radius 2 is 2.07 bits per heavy atom. The van der Waals surface area contributed by atoms with Gasteiger partial charge in [-0.1, -0.05) is 12.1 Å². The number of ether oxygens (including phenoxy) is 1. The molecule has 3 rings (SSSR count). The Morgan fingerprint density at radius 3 is 2.72 bits per heavy atom. The topological polar surface area (TPSA) is 128 Å². The van der Waals surface area contributed by atoms with Gasteiger partial charge < -0.3 is 14.9 Å². The number of aromatic hydroxyl groups is 2. The van der Waals surface area contributed by atoms with E-state index in [0.29, 0.717) is 16.9 Å². The second-order valence-electron chi connectivity index (χ2n) is 6.12. The summed E-state index contributed by atoms with van der Waals surface area (Å²) in [5, 5.41) is 33.9. The van der Waals surface area contributed by atoms with Gasteiger partial charge in [0.2, 0.25) is 0 Å². The molecule has 9 heteroatoms. The highest BCUT2D eigenvalue weighted by atomic mass is 16.6. The Balaban J connectivity index is 1.82. The number of allylic oxidation sites excluding steroid dienone is 1. The minimum atomic E-state index is -0.524. The molecule has 0 amide bonds. The lowest BCUT2D eigenvalue weighted by Gasteiger charge is -2.09. The first-order valence-electron chi connectivity index (χ1n) is 8.45. The first-order valence-corrected chi connectivity index (χ1v) is 8.45. The number of ketones is 1. The molecule has 0 saturated heterocycles. The fraction of sp³-hybridized carbons (Fsp3) is 0.100. The van der Waals surface area contributed by atoms with E-state index in [2.05, 4.69) is 5.10 Å². The van der Waals surface area contributed by atoms with E-state index in [9.17, 15) is 25.1 Å². The second kappa shape index (κ2) is 8.26. The Morgan fingerprint density at radius 1 is 1.28 bits per heavy atom. The Kier molecular flexibility index (Phi) is 5.59. The van der Waals surface area contributed by atoms with Crippen molar-refractivity contribution in [2.45, 2.75) is 6.54 Å². The largest absolute Gasteiger partial charge is 0.508 e. The van der Waals surface area contributed by atoms with Gasteiger partial charge in [-0.25, -0.2) is 0 Å². The molecule has 0 radical (unpaired) electrons. The number of hydrogen-bond donors (Lipinski definition) is 2. The van der Waals surface area contributed by atoms with Gasteiger partial charge in [0.05, 0.1) is 24.1 Å². The average molecular weight is 395 g/mol. The molecule has 0 bridgehead atoms. The van der Waals surface area contributed by atoms with Crippen molar-refractivity contribution < 1.29 is 24.7 Å². The zero-order chi connectivity index (χ0) is 21.0. The van der Waals surface area contributed by atoms with Crippen molar-refractivity contribution in [3.05, 3.63) is 81.7 Å². The molecule has 148 valence electrons. The molecule has 0 unspecified atom stereocenters. The van der Waals surface area contributed by atoms with Crippen molar-refractivity contribution in [3.63, 3.8) is 0 Å². The summed E-state index contributed by atoms with van der Waals surface area (Å²) < 4.78 is 6.75. The van der Waals surface area contributed by atoms with Crippen LogP contribution < -0.4 is 4.74 Å². The van der Waals surface area contributed by atoms with Gasteiger partial charge in [-0.15, -0.1) is 0 Å². The van der Waals surface area contributed by atoms with Crippen LogP contribution in [0.3, 0.4) is 0 Å². The van der Waals surface area contributed by atoms with E-state index in [1.807, 2.05) is 0 Å². The predicted octanol–water partition coefficient (Wildman–Crippen LogP) is 3.16. The van der Waals surface area contributed by atoms with Gasteiger partial charge in [-0.2, -0.15) is 5.10 Å². The monoisotopic (exact) mass is 395 g/mol. The molecule has 0 aliphatic carbocycles. The van der Waals surface area contributed by atoms with Gasteiger partial charge in [0.15, 0.2) is 5.78 Å². The number of benzene rings is 2. The van der Waals surface area contributed by atoms with Crippen LogP contribution in [0.1, 0.15) is 21.5 Å². The lowest BCUT2D eigenvalue weighted by molar-refractivity contribution is -0.385.